The fourth-order valence-electron chi connectivity index (χ4n) is 7.18. The van der Waals surface area contributed by atoms with Gasteiger partial charge in [-0.2, -0.15) is 0 Å². The first-order valence-electron chi connectivity index (χ1n) is 14.6. The summed E-state index contributed by atoms with van der Waals surface area (Å²) in [5, 5.41) is 0. The molecule has 2 nitrogen and oxygen atoms in total. The fraction of sp³-hybridized carbons (Fsp3) is 0.625. The molecule has 0 aliphatic rings. The summed E-state index contributed by atoms with van der Waals surface area (Å²) in [4.78, 5) is 0. The van der Waals surface area contributed by atoms with Crippen LogP contribution in [0.1, 0.15) is 83.1 Å². The summed E-state index contributed by atoms with van der Waals surface area (Å²) in [6.45, 7) is 28.3. The second-order valence-corrected chi connectivity index (χ2v) is 33.5. The van der Waals surface area contributed by atoms with Crippen molar-refractivity contribution >= 4 is 38.7 Å². The van der Waals surface area contributed by atoms with Gasteiger partial charge in [0.1, 0.15) is 0 Å². The molecule has 0 heterocycles. The van der Waals surface area contributed by atoms with Gasteiger partial charge in [0.2, 0.25) is 0 Å². The molecule has 0 fully saturated rings. The first-order chi connectivity index (χ1) is 17.0. The normalized spacial score (nSPS) is 13.5. The van der Waals surface area contributed by atoms with E-state index in [2.05, 4.69) is 143 Å². The van der Waals surface area contributed by atoms with Gasteiger partial charge in [0.05, 0.1) is 0 Å². The van der Waals surface area contributed by atoms with Gasteiger partial charge >= 0.3 is 235 Å². The van der Waals surface area contributed by atoms with E-state index in [-0.39, 0.29) is 0 Å². The van der Waals surface area contributed by atoms with Crippen LogP contribution in [0.4, 0.5) is 0 Å². The summed E-state index contributed by atoms with van der Waals surface area (Å²) in [7, 11) is -3.98. The molecule has 0 aliphatic heterocycles. The third kappa shape index (κ3) is 6.44. The van der Waals surface area contributed by atoms with Crippen molar-refractivity contribution < 1.29 is 8.85 Å². The Kier molecular flexibility index (Phi) is 10.9. The van der Waals surface area contributed by atoms with Crippen molar-refractivity contribution in [2.45, 2.75) is 128 Å². The van der Waals surface area contributed by atoms with Crippen molar-refractivity contribution in [2.75, 3.05) is 0 Å². The van der Waals surface area contributed by atoms with Gasteiger partial charge in [-0.15, -0.1) is 0 Å². The van der Waals surface area contributed by atoms with Crippen LogP contribution in [-0.4, -0.2) is 29.9 Å². The van der Waals surface area contributed by atoms with E-state index in [1.54, 1.807) is 0 Å². The van der Waals surface area contributed by atoms with E-state index in [1.807, 2.05) is 0 Å². The molecular formula is C32H56GeO2Si2. The number of rotatable bonds is 12. The van der Waals surface area contributed by atoms with Crippen molar-refractivity contribution in [1.82, 2.24) is 0 Å². The molecule has 0 N–H and O–H groups in total. The molecule has 0 unspecified atom stereocenters. The Labute approximate surface area is 234 Å². The van der Waals surface area contributed by atoms with Crippen molar-refractivity contribution in [3.63, 3.8) is 0 Å². The molecule has 5 heteroatoms. The molecular weight excluding hydrogens is 545 g/mol. The monoisotopic (exact) mass is 602 g/mol. The summed E-state index contributed by atoms with van der Waals surface area (Å²) in [5.41, 5.74) is 3.37. The molecule has 2 rings (SSSR count). The van der Waals surface area contributed by atoms with E-state index in [9.17, 15) is 0 Å². The third-order valence-electron chi connectivity index (χ3n) is 9.11. The van der Waals surface area contributed by atoms with Crippen LogP contribution in [0, 0.1) is 0 Å². The van der Waals surface area contributed by atoms with Crippen molar-refractivity contribution in [2.24, 2.45) is 0 Å². The molecule has 0 saturated carbocycles. The molecule has 0 aromatic heterocycles. The molecule has 0 spiro atoms. The SMILES string of the molecule is CC(C)[Si](Oc1ccc[c]([Ge]([CH3])([CH3])[c]2cccc(O[Si](C(C)C)(C(C)C)C(C)C)c2)c1)(C(C)C)C(C)C. The Morgan fingerprint density at radius 3 is 1.00 bits per heavy atom. The number of hydrogen-bond donors (Lipinski definition) is 0. The summed E-state index contributed by atoms with van der Waals surface area (Å²) in [6, 6.07) is 18.2. The molecule has 208 valence electrons. The molecule has 0 atom stereocenters. The van der Waals surface area contributed by atoms with Crippen molar-refractivity contribution in [1.29, 1.82) is 0 Å². The van der Waals surface area contributed by atoms with E-state index in [0.29, 0.717) is 33.2 Å². The molecule has 37 heavy (non-hydrogen) atoms. The molecule has 2 aromatic rings. The van der Waals surface area contributed by atoms with Crippen LogP contribution in [0.15, 0.2) is 48.5 Å². The van der Waals surface area contributed by atoms with Crippen molar-refractivity contribution in [3.8, 4) is 11.5 Å². The summed E-state index contributed by atoms with van der Waals surface area (Å²) in [6.07, 6.45) is 0. The number of benzene rings is 2. The van der Waals surface area contributed by atoms with E-state index >= 15 is 0 Å². The van der Waals surface area contributed by atoms with Crippen LogP contribution in [-0.2, 0) is 0 Å². The summed E-state index contributed by atoms with van der Waals surface area (Å²) >= 11 is -2.59. The Hall–Kier alpha value is -0.983. The Bertz CT molecular complexity index is 888. The zero-order valence-electron chi connectivity index (χ0n) is 26.4. The minimum atomic E-state index is -2.59. The van der Waals surface area contributed by atoms with Crippen LogP contribution < -0.4 is 17.6 Å². The Morgan fingerprint density at radius 2 is 0.757 bits per heavy atom. The standard InChI is InChI=1S/C32H56GeO2Si2/c1-23(2)36(24(3)4,25(5)6)34-31-19-15-17-29(21-31)33(13,14)30-18-16-20-32(22-30)35-37(26(7)8,27(9)10)28(11)12/h15-28H,1-14H3. The second kappa shape index (κ2) is 12.5. The minimum absolute atomic E-state index is 0.562. The average Bonchev–Trinajstić information content (AvgIpc) is 2.79. The predicted molar refractivity (Wildman–Crippen MR) is 173 cm³/mol. The predicted octanol–water partition coefficient (Wildman–Crippen LogP) is 9.62. The van der Waals surface area contributed by atoms with Gasteiger partial charge in [0.25, 0.3) is 0 Å². The van der Waals surface area contributed by atoms with Gasteiger partial charge in [0.15, 0.2) is 0 Å². The van der Waals surface area contributed by atoms with Gasteiger partial charge in [0, 0.05) is 0 Å². The van der Waals surface area contributed by atoms with Crippen LogP contribution >= 0.6 is 0 Å². The van der Waals surface area contributed by atoms with Crippen LogP contribution in [0.2, 0.25) is 44.8 Å². The van der Waals surface area contributed by atoms with Gasteiger partial charge in [-0.1, -0.05) is 0 Å². The molecule has 0 bridgehead atoms. The first kappa shape index (κ1) is 32.2. The quantitative estimate of drug-likeness (QED) is 0.226. The zero-order valence-corrected chi connectivity index (χ0v) is 30.5. The molecule has 0 saturated heterocycles. The van der Waals surface area contributed by atoms with Crippen LogP contribution in [0.5, 0.6) is 11.5 Å². The molecule has 0 radical (unpaired) electrons. The Balaban J connectivity index is 2.49. The van der Waals surface area contributed by atoms with Gasteiger partial charge in [-0.25, -0.2) is 0 Å². The molecule has 0 amide bonds. The third-order valence-corrected chi connectivity index (χ3v) is 28.5. The first-order valence-corrected chi connectivity index (χ1v) is 25.2. The topological polar surface area (TPSA) is 18.5 Å². The van der Waals surface area contributed by atoms with Gasteiger partial charge in [-0.3, -0.25) is 0 Å². The average molecular weight is 602 g/mol. The summed E-state index contributed by atoms with van der Waals surface area (Å²) < 4.78 is 17.1. The maximum atomic E-state index is 7.08. The second-order valence-electron chi connectivity index (χ2n) is 13.5. The van der Waals surface area contributed by atoms with Gasteiger partial charge in [-0.05, 0) is 0 Å². The van der Waals surface area contributed by atoms with E-state index in [4.69, 9.17) is 8.85 Å². The number of hydrogen-bond acceptors (Lipinski definition) is 2. The van der Waals surface area contributed by atoms with Crippen LogP contribution in [0.25, 0.3) is 0 Å². The fourth-order valence-corrected chi connectivity index (χ4v) is 22.6. The van der Waals surface area contributed by atoms with E-state index in [1.165, 1.54) is 8.79 Å². The molecule has 2 aromatic carbocycles. The van der Waals surface area contributed by atoms with E-state index in [0.717, 1.165) is 11.5 Å². The van der Waals surface area contributed by atoms with E-state index < -0.39 is 29.9 Å². The van der Waals surface area contributed by atoms with Crippen LogP contribution in [0.3, 0.4) is 0 Å². The van der Waals surface area contributed by atoms with Crippen molar-refractivity contribution in [3.05, 3.63) is 48.5 Å². The van der Waals surface area contributed by atoms with Gasteiger partial charge < -0.3 is 0 Å². The molecule has 0 aliphatic carbocycles. The zero-order chi connectivity index (χ0) is 28.3. The maximum absolute atomic E-state index is 7.08. The summed E-state index contributed by atoms with van der Waals surface area (Å²) in [5.74, 6) is 7.15. The Morgan fingerprint density at radius 1 is 0.486 bits per heavy atom.